The summed E-state index contributed by atoms with van der Waals surface area (Å²) in [5.41, 5.74) is 1.65. The minimum Gasteiger partial charge on any atom is -0.356 e. The monoisotopic (exact) mass is 260 g/mol. The normalized spacial score (nSPS) is 29.5. The minimum absolute atomic E-state index is 0.165. The first kappa shape index (κ1) is 13.2. The van der Waals surface area contributed by atoms with Crippen molar-refractivity contribution in [1.82, 2.24) is 10.6 Å². The van der Waals surface area contributed by atoms with E-state index in [4.69, 9.17) is 0 Å². The van der Waals surface area contributed by atoms with Crippen molar-refractivity contribution in [2.45, 2.75) is 30.9 Å². The molecule has 86 valence electrons. The molecule has 6 heteroatoms. The van der Waals surface area contributed by atoms with Gasteiger partial charge in [-0.05, 0) is 19.3 Å². The summed E-state index contributed by atoms with van der Waals surface area (Å²) in [5, 5.41) is 15.6. The molecule has 0 bridgehead atoms. The molecule has 2 aliphatic rings. The Bertz CT molecular complexity index is 393. The molecule has 0 aromatic heterocycles. The molecular formula is C11H14Al2N2O2. The average Bonchev–Trinajstić information content (AvgIpc) is 2.29. The Kier molecular flexibility index (Phi) is 4.36. The summed E-state index contributed by atoms with van der Waals surface area (Å²) in [6.07, 6.45) is 4.20. The summed E-state index contributed by atoms with van der Waals surface area (Å²) in [5.74, 6) is 0.150. The maximum Gasteiger partial charge on any atom is 0.251 e. The average molecular weight is 260 g/mol. The van der Waals surface area contributed by atoms with Gasteiger partial charge in [-0.3, -0.25) is 4.79 Å². The SMILES string of the molecule is O=C1NC(O)NC(C2CC=[C]([Al])CC2)=C1[CH2][Al]. The summed E-state index contributed by atoms with van der Waals surface area (Å²) in [4.78, 5) is 11.8. The molecule has 2 atom stereocenters. The van der Waals surface area contributed by atoms with Gasteiger partial charge in [0.25, 0.3) is 5.91 Å². The van der Waals surface area contributed by atoms with Crippen molar-refractivity contribution in [3.05, 3.63) is 21.8 Å². The van der Waals surface area contributed by atoms with Gasteiger partial charge in [0.05, 0.1) is 0 Å². The Labute approximate surface area is 117 Å². The predicted octanol–water partition coefficient (Wildman–Crippen LogP) is -0.325. The smallest absolute Gasteiger partial charge is 0.251 e. The molecule has 3 N–H and O–H groups in total. The maximum atomic E-state index is 11.8. The molecule has 1 aliphatic carbocycles. The molecule has 4 nitrogen and oxygen atoms in total. The van der Waals surface area contributed by atoms with Gasteiger partial charge < -0.3 is 15.7 Å². The van der Waals surface area contributed by atoms with Gasteiger partial charge in [-0.25, -0.2) is 0 Å². The molecule has 4 radical (unpaired) electrons. The van der Waals surface area contributed by atoms with E-state index in [2.05, 4.69) is 49.3 Å². The van der Waals surface area contributed by atoms with Gasteiger partial charge in [-0.15, -0.1) is 6.08 Å². The van der Waals surface area contributed by atoms with E-state index in [1.165, 1.54) is 4.44 Å². The molecule has 0 saturated carbocycles. The lowest BCUT2D eigenvalue weighted by atomic mass is 9.88. The van der Waals surface area contributed by atoms with Crippen molar-refractivity contribution >= 4 is 38.5 Å². The Morgan fingerprint density at radius 1 is 1.47 bits per heavy atom. The van der Waals surface area contributed by atoms with Crippen LogP contribution in [0.2, 0.25) is 5.28 Å². The lowest BCUT2D eigenvalue weighted by Gasteiger charge is -2.33. The zero-order chi connectivity index (χ0) is 12.4. The molecule has 0 spiro atoms. The van der Waals surface area contributed by atoms with E-state index < -0.39 is 6.35 Å². The minimum atomic E-state index is -0.959. The van der Waals surface area contributed by atoms with Crippen molar-refractivity contribution in [2.24, 2.45) is 5.92 Å². The largest absolute Gasteiger partial charge is 0.356 e. The van der Waals surface area contributed by atoms with Crippen LogP contribution in [-0.4, -0.2) is 49.9 Å². The number of allylic oxidation sites excluding steroid dienone is 3. The topological polar surface area (TPSA) is 61.4 Å². The van der Waals surface area contributed by atoms with Crippen LogP contribution in [0, 0.1) is 5.92 Å². The van der Waals surface area contributed by atoms with E-state index >= 15 is 0 Å². The van der Waals surface area contributed by atoms with E-state index in [0.29, 0.717) is 11.2 Å². The van der Waals surface area contributed by atoms with Gasteiger partial charge >= 0.3 is 0 Å². The second kappa shape index (κ2) is 5.61. The second-order valence-corrected chi connectivity index (χ2v) is 5.52. The third-order valence-electron chi connectivity index (χ3n) is 3.22. The first-order chi connectivity index (χ1) is 8.11. The van der Waals surface area contributed by atoms with Crippen molar-refractivity contribution in [1.29, 1.82) is 0 Å². The van der Waals surface area contributed by atoms with Crippen LogP contribution >= 0.6 is 0 Å². The lowest BCUT2D eigenvalue weighted by molar-refractivity contribution is -0.122. The number of aliphatic hydroxyl groups excluding tert-OH is 1. The molecule has 0 saturated heterocycles. The zero-order valence-corrected chi connectivity index (χ0v) is 11.9. The molecule has 17 heavy (non-hydrogen) atoms. The number of hydrogen-bond donors (Lipinski definition) is 3. The van der Waals surface area contributed by atoms with Crippen molar-refractivity contribution in [2.75, 3.05) is 0 Å². The van der Waals surface area contributed by atoms with Crippen LogP contribution in [0.5, 0.6) is 0 Å². The number of amides is 1. The second-order valence-electron chi connectivity index (χ2n) is 4.37. The first-order valence-corrected chi connectivity index (χ1v) is 7.14. The Balaban J connectivity index is 2.24. The van der Waals surface area contributed by atoms with Gasteiger partial charge in [0.2, 0.25) is 6.35 Å². The van der Waals surface area contributed by atoms with Crippen molar-refractivity contribution in [3.63, 3.8) is 0 Å². The van der Waals surface area contributed by atoms with Gasteiger partial charge in [-0.1, -0.05) is 5.28 Å². The quantitative estimate of drug-likeness (QED) is 0.596. The van der Waals surface area contributed by atoms with Crippen LogP contribution in [0.4, 0.5) is 0 Å². The number of carbonyl (C=O) groups is 1. The Morgan fingerprint density at radius 3 is 2.82 bits per heavy atom. The summed E-state index contributed by atoms with van der Waals surface area (Å²) >= 11 is 5.31. The van der Waals surface area contributed by atoms with Crippen molar-refractivity contribution < 1.29 is 9.90 Å². The third kappa shape index (κ3) is 2.96. The highest BCUT2D eigenvalue weighted by Crippen LogP contribution is 2.30. The molecular weight excluding hydrogens is 246 g/mol. The molecule has 0 fully saturated rings. The fraction of sp³-hybridized carbons (Fsp3) is 0.545. The highest BCUT2D eigenvalue weighted by atomic mass is 27.1. The summed E-state index contributed by atoms with van der Waals surface area (Å²) in [6.45, 7) is 0. The number of aliphatic hydroxyl groups is 1. The van der Waals surface area contributed by atoms with E-state index in [0.717, 1.165) is 30.5 Å². The molecule has 0 aromatic rings. The maximum absolute atomic E-state index is 11.8. The molecule has 1 aliphatic heterocycles. The van der Waals surface area contributed by atoms with Gasteiger partial charge in [0.1, 0.15) is 16.3 Å². The summed E-state index contributed by atoms with van der Waals surface area (Å²) in [7, 11) is 0. The molecule has 0 aromatic carbocycles. The van der Waals surface area contributed by atoms with Gasteiger partial charge in [-0.2, -0.15) is 4.44 Å². The summed E-state index contributed by atoms with van der Waals surface area (Å²) < 4.78 is 1.33. The molecule has 2 unspecified atom stereocenters. The lowest BCUT2D eigenvalue weighted by Crippen LogP contribution is -2.51. The van der Waals surface area contributed by atoms with Crippen molar-refractivity contribution in [3.8, 4) is 0 Å². The van der Waals surface area contributed by atoms with Crippen LogP contribution in [0.15, 0.2) is 21.8 Å². The molecule has 2 rings (SSSR count). The third-order valence-corrected chi connectivity index (χ3v) is 4.15. The number of carbonyl (C=O) groups excluding carboxylic acids is 1. The fourth-order valence-electron chi connectivity index (χ4n) is 2.29. The standard InChI is InChI=1S/C11H14N2O2.2Al/c1-7-9(8-5-3-2-4-6-8)12-11(15)13-10(7)14;;/h3,8,11-12,15H,1,4-6H2,(H,13,14);;. The fourth-order valence-corrected chi connectivity index (χ4v) is 3.00. The van der Waals surface area contributed by atoms with E-state index in [9.17, 15) is 9.90 Å². The Hall–Kier alpha value is -0.225. The molecule has 1 amide bonds. The highest BCUT2D eigenvalue weighted by Gasteiger charge is 2.28. The van der Waals surface area contributed by atoms with E-state index in [1.807, 2.05) is 0 Å². The number of rotatable bonds is 2. The van der Waals surface area contributed by atoms with Crippen LogP contribution < -0.4 is 10.6 Å². The van der Waals surface area contributed by atoms with Crippen LogP contribution in [0.3, 0.4) is 0 Å². The van der Waals surface area contributed by atoms with E-state index in [-0.39, 0.29) is 5.91 Å². The van der Waals surface area contributed by atoms with Crippen LogP contribution in [0.1, 0.15) is 19.3 Å². The molecule has 1 heterocycles. The van der Waals surface area contributed by atoms with Crippen LogP contribution in [0.25, 0.3) is 0 Å². The zero-order valence-electron chi connectivity index (χ0n) is 9.57. The van der Waals surface area contributed by atoms with Gasteiger partial charge in [0.15, 0.2) is 16.3 Å². The van der Waals surface area contributed by atoms with Crippen LogP contribution in [-0.2, 0) is 4.79 Å². The highest BCUT2D eigenvalue weighted by molar-refractivity contribution is 6.21. The number of hydrogen-bond acceptors (Lipinski definition) is 3. The van der Waals surface area contributed by atoms with Gasteiger partial charge in [0, 0.05) is 17.2 Å². The summed E-state index contributed by atoms with van der Waals surface area (Å²) in [6, 6.07) is 0. The van der Waals surface area contributed by atoms with E-state index in [1.54, 1.807) is 0 Å². The Morgan fingerprint density at radius 2 is 2.24 bits per heavy atom. The first-order valence-electron chi connectivity index (χ1n) is 5.75. The predicted molar refractivity (Wildman–Crippen MR) is 66.1 cm³/mol. The number of nitrogens with one attached hydrogen (secondary N) is 2.